The topological polar surface area (TPSA) is 27.7 Å². The van der Waals surface area contributed by atoms with Gasteiger partial charge in [0.05, 0.1) is 13.2 Å². The van der Waals surface area contributed by atoms with Crippen molar-refractivity contribution in [2.45, 2.75) is 39.9 Å². The van der Waals surface area contributed by atoms with Crippen LogP contribution < -0.4 is 0 Å². The first-order valence-electron chi connectivity index (χ1n) is 4.70. The zero-order valence-electron chi connectivity index (χ0n) is 8.63. The highest BCUT2D eigenvalue weighted by molar-refractivity contribution is 4.80. The second kappa shape index (κ2) is 9.21. The van der Waals surface area contributed by atoms with Gasteiger partial charge in [-0.1, -0.05) is 13.3 Å². The lowest BCUT2D eigenvalue weighted by Gasteiger charge is -2.09. The molecular weight excluding hydrogens is 168 g/mol. The van der Waals surface area contributed by atoms with Crippen LogP contribution >= 0.6 is 0 Å². The monoisotopic (exact) mass is 186 g/mol. The molecule has 3 nitrogen and oxygen atoms in total. The van der Waals surface area contributed by atoms with Crippen LogP contribution in [0.2, 0.25) is 0 Å². The van der Waals surface area contributed by atoms with Crippen LogP contribution in [0.3, 0.4) is 0 Å². The van der Waals surface area contributed by atoms with E-state index in [2.05, 4.69) is 19.1 Å². The minimum Gasteiger partial charge on any atom is -0.445 e. The lowest BCUT2D eigenvalue weighted by atomic mass is 10.4. The number of hydrogen-bond donors (Lipinski definition) is 0. The van der Waals surface area contributed by atoms with Gasteiger partial charge in [0.25, 0.3) is 0 Å². The summed E-state index contributed by atoms with van der Waals surface area (Å²) in [5.74, 6) is 0. The van der Waals surface area contributed by atoms with E-state index in [9.17, 15) is 0 Å². The van der Waals surface area contributed by atoms with E-state index in [0.29, 0.717) is 13.2 Å². The van der Waals surface area contributed by atoms with Crippen LogP contribution in [0, 0.1) is 12.2 Å². The average molecular weight is 186 g/mol. The Kier molecular flexibility index (Phi) is 8.59. The van der Waals surface area contributed by atoms with E-state index in [-0.39, 0.29) is 6.29 Å². The van der Waals surface area contributed by atoms with Gasteiger partial charge in [-0.25, -0.2) is 0 Å². The summed E-state index contributed by atoms with van der Waals surface area (Å²) >= 11 is 0. The number of rotatable bonds is 6. The summed E-state index contributed by atoms with van der Waals surface area (Å²) in [6, 6.07) is 0. The van der Waals surface area contributed by atoms with Crippen molar-refractivity contribution in [1.82, 2.24) is 0 Å². The van der Waals surface area contributed by atoms with Crippen molar-refractivity contribution in [3.05, 3.63) is 0 Å². The van der Waals surface area contributed by atoms with Crippen molar-refractivity contribution >= 4 is 0 Å². The normalized spacial score (nSPS) is 11.3. The highest BCUT2D eigenvalue weighted by atomic mass is 16.7. The van der Waals surface area contributed by atoms with Gasteiger partial charge in [-0.2, -0.15) is 0 Å². The zero-order valence-corrected chi connectivity index (χ0v) is 8.63. The van der Waals surface area contributed by atoms with Gasteiger partial charge in [0.2, 0.25) is 6.29 Å². The maximum absolute atomic E-state index is 5.28. The molecule has 0 saturated carbocycles. The van der Waals surface area contributed by atoms with Crippen LogP contribution in [0.5, 0.6) is 0 Å². The maximum atomic E-state index is 5.28. The van der Waals surface area contributed by atoms with E-state index in [0.717, 1.165) is 12.8 Å². The first kappa shape index (κ1) is 12.1. The molecule has 0 aliphatic heterocycles. The molecule has 0 bridgehead atoms. The Balaban J connectivity index is 3.30. The zero-order chi connectivity index (χ0) is 9.94. The van der Waals surface area contributed by atoms with Crippen molar-refractivity contribution in [3.63, 3.8) is 0 Å². The summed E-state index contributed by atoms with van der Waals surface area (Å²) in [7, 11) is 0. The third-order valence-electron chi connectivity index (χ3n) is 1.33. The summed E-state index contributed by atoms with van der Waals surface area (Å²) in [4.78, 5) is 0. The van der Waals surface area contributed by atoms with Gasteiger partial charge in [0.1, 0.15) is 0 Å². The standard InChI is InChI=1S/C10H18O3/c1-4-6-7-12-10(3)13-9-8-11-5-2/h10H,4-7H2,1-3H3. The van der Waals surface area contributed by atoms with E-state index in [1.54, 1.807) is 0 Å². The van der Waals surface area contributed by atoms with Crippen LogP contribution in [-0.2, 0) is 14.2 Å². The highest BCUT2D eigenvalue weighted by Crippen LogP contribution is 1.95. The van der Waals surface area contributed by atoms with Gasteiger partial charge >= 0.3 is 0 Å². The van der Waals surface area contributed by atoms with E-state index in [4.69, 9.17) is 14.2 Å². The van der Waals surface area contributed by atoms with Crippen molar-refractivity contribution in [2.75, 3.05) is 13.2 Å². The molecule has 13 heavy (non-hydrogen) atoms. The van der Waals surface area contributed by atoms with E-state index in [1.165, 1.54) is 0 Å². The Morgan fingerprint density at radius 2 is 2.00 bits per heavy atom. The predicted molar refractivity (Wildman–Crippen MR) is 50.8 cm³/mol. The second-order valence-electron chi connectivity index (χ2n) is 2.55. The molecule has 0 rings (SSSR count). The molecule has 0 aromatic heterocycles. The predicted octanol–water partition coefficient (Wildman–Crippen LogP) is 2.12. The molecule has 0 aromatic carbocycles. The molecule has 0 fully saturated rings. The first-order chi connectivity index (χ1) is 6.31. The summed E-state index contributed by atoms with van der Waals surface area (Å²) in [6.45, 7) is 7.09. The van der Waals surface area contributed by atoms with Gasteiger partial charge in [-0.05, 0) is 20.3 Å². The van der Waals surface area contributed by atoms with Crippen LogP contribution in [0.25, 0.3) is 0 Å². The fourth-order valence-electron chi connectivity index (χ4n) is 0.636. The molecule has 0 aliphatic rings. The largest absolute Gasteiger partial charge is 0.445 e. The fraction of sp³-hybridized carbons (Fsp3) is 0.800. The van der Waals surface area contributed by atoms with E-state index >= 15 is 0 Å². The molecule has 76 valence electrons. The Morgan fingerprint density at radius 1 is 1.23 bits per heavy atom. The van der Waals surface area contributed by atoms with E-state index in [1.807, 2.05) is 13.8 Å². The number of unbranched alkanes of at least 4 members (excludes halogenated alkanes) is 1. The van der Waals surface area contributed by atoms with Gasteiger partial charge in [0, 0.05) is 0 Å². The fourth-order valence-corrected chi connectivity index (χ4v) is 0.636. The number of hydrogen-bond acceptors (Lipinski definition) is 3. The summed E-state index contributed by atoms with van der Waals surface area (Å²) < 4.78 is 15.0. The van der Waals surface area contributed by atoms with Crippen molar-refractivity contribution < 1.29 is 14.2 Å². The molecule has 0 heterocycles. The Hall–Kier alpha value is -0.880. The van der Waals surface area contributed by atoms with Crippen LogP contribution in [0.15, 0.2) is 0 Å². The molecule has 0 spiro atoms. The summed E-state index contributed by atoms with van der Waals surface area (Å²) in [6.07, 6.45) is 6.71. The lowest BCUT2D eigenvalue weighted by Crippen LogP contribution is -2.10. The van der Waals surface area contributed by atoms with Crippen molar-refractivity contribution in [3.8, 4) is 12.2 Å². The van der Waals surface area contributed by atoms with Gasteiger partial charge < -0.3 is 14.2 Å². The van der Waals surface area contributed by atoms with Gasteiger partial charge in [0.15, 0.2) is 12.2 Å². The second-order valence-corrected chi connectivity index (χ2v) is 2.55. The minimum atomic E-state index is -0.278. The molecule has 1 atom stereocenters. The molecule has 0 aromatic rings. The molecule has 0 radical (unpaired) electrons. The Labute approximate surface area is 80.4 Å². The molecule has 0 saturated heterocycles. The third kappa shape index (κ3) is 9.03. The molecule has 0 aliphatic carbocycles. The van der Waals surface area contributed by atoms with Gasteiger partial charge in [-0.3, -0.25) is 0 Å². The van der Waals surface area contributed by atoms with Crippen LogP contribution in [0.4, 0.5) is 0 Å². The third-order valence-corrected chi connectivity index (χ3v) is 1.33. The summed E-state index contributed by atoms with van der Waals surface area (Å²) in [5.41, 5.74) is 0. The molecule has 0 N–H and O–H groups in total. The van der Waals surface area contributed by atoms with Crippen LogP contribution in [-0.4, -0.2) is 19.5 Å². The van der Waals surface area contributed by atoms with Crippen LogP contribution in [0.1, 0.15) is 33.6 Å². The Bertz CT molecular complexity index is 157. The SMILES string of the molecule is CCCCOC(C)OC#COCC. The molecule has 1 unspecified atom stereocenters. The lowest BCUT2D eigenvalue weighted by molar-refractivity contribution is -0.0853. The highest BCUT2D eigenvalue weighted by Gasteiger charge is 1.98. The molecule has 0 amide bonds. The van der Waals surface area contributed by atoms with Crippen molar-refractivity contribution in [2.24, 2.45) is 0 Å². The van der Waals surface area contributed by atoms with E-state index < -0.39 is 0 Å². The summed E-state index contributed by atoms with van der Waals surface area (Å²) in [5, 5.41) is 0. The quantitative estimate of drug-likeness (QED) is 0.361. The molecular formula is C10H18O3. The Morgan fingerprint density at radius 3 is 2.62 bits per heavy atom. The minimum absolute atomic E-state index is 0.278. The maximum Gasteiger partial charge on any atom is 0.207 e. The van der Waals surface area contributed by atoms with Gasteiger partial charge in [-0.15, -0.1) is 0 Å². The molecule has 3 heteroatoms. The number of ether oxygens (including phenoxy) is 3. The average Bonchev–Trinajstić information content (AvgIpc) is 2.13. The smallest absolute Gasteiger partial charge is 0.207 e. The van der Waals surface area contributed by atoms with Crippen molar-refractivity contribution in [1.29, 1.82) is 0 Å². The first-order valence-corrected chi connectivity index (χ1v) is 4.70.